The van der Waals surface area contributed by atoms with Gasteiger partial charge in [0.25, 0.3) is 0 Å². The minimum atomic E-state index is -0.0306. The van der Waals surface area contributed by atoms with Gasteiger partial charge in [0.2, 0.25) is 5.91 Å². The molecule has 3 rings (SSSR count). The van der Waals surface area contributed by atoms with E-state index in [2.05, 4.69) is 10.3 Å². The lowest BCUT2D eigenvalue weighted by Crippen LogP contribution is -2.27. The normalized spacial score (nSPS) is 10.6. The van der Waals surface area contributed by atoms with Crippen molar-refractivity contribution >= 4 is 40.4 Å². The fourth-order valence-corrected chi connectivity index (χ4v) is 3.50. The molecule has 0 aliphatic heterocycles. The topological polar surface area (TPSA) is 42.0 Å². The monoisotopic (exact) mass is 390 g/mol. The Bertz CT molecular complexity index is 862. The molecule has 1 amide bonds. The smallest absolute Gasteiger partial charge is 0.226 e. The summed E-state index contributed by atoms with van der Waals surface area (Å²) < 4.78 is 0. The molecule has 0 bridgehead atoms. The van der Waals surface area contributed by atoms with Crippen molar-refractivity contribution in [1.82, 2.24) is 10.3 Å². The van der Waals surface area contributed by atoms with Crippen LogP contribution < -0.4 is 5.32 Å². The molecule has 0 fully saturated rings. The van der Waals surface area contributed by atoms with Crippen LogP contribution in [0.4, 0.5) is 0 Å². The van der Waals surface area contributed by atoms with Gasteiger partial charge in [0.15, 0.2) is 0 Å². The predicted molar refractivity (Wildman–Crippen MR) is 104 cm³/mol. The maximum absolute atomic E-state index is 12.1. The molecule has 1 N–H and O–H groups in total. The summed E-state index contributed by atoms with van der Waals surface area (Å²) in [4.78, 5) is 16.6. The van der Waals surface area contributed by atoms with Crippen molar-refractivity contribution in [2.45, 2.75) is 12.8 Å². The van der Waals surface area contributed by atoms with Crippen LogP contribution in [0.1, 0.15) is 11.3 Å². The van der Waals surface area contributed by atoms with E-state index in [-0.39, 0.29) is 12.3 Å². The number of hydrogen-bond acceptors (Lipinski definition) is 3. The second kappa shape index (κ2) is 8.48. The first-order chi connectivity index (χ1) is 12.1. The van der Waals surface area contributed by atoms with E-state index in [1.807, 2.05) is 53.9 Å². The summed E-state index contributed by atoms with van der Waals surface area (Å²) in [7, 11) is 0. The number of benzene rings is 2. The molecule has 25 heavy (non-hydrogen) atoms. The lowest BCUT2D eigenvalue weighted by atomic mass is 10.1. The highest BCUT2D eigenvalue weighted by Crippen LogP contribution is 2.26. The van der Waals surface area contributed by atoms with Crippen LogP contribution in [0, 0.1) is 0 Å². The molecule has 0 saturated carbocycles. The molecule has 6 heteroatoms. The summed E-state index contributed by atoms with van der Waals surface area (Å²) in [5, 5.41) is 7.09. The Kier molecular flexibility index (Phi) is 6.08. The van der Waals surface area contributed by atoms with Crippen LogP contribution in [0.3, 0.4) is 0 Å². The number of hydrogen-bond donors (Lipinski definition) is 1. The summed E-state index contributed by atoms with van der Waals surface area (Å²) in [5.74, 6) is -0.0306. The number of amides is 1. The van der Waals surface area contributed by atoms with Crippen LogP contribution in [-0.4, -0.2) is 17.4 Å². The molecule has 0 spiro atoms. The highest BCUT2D eigenvalue weighted by atomic mass is 35.5. The van der Waals surface area contributed by atoms with E-state index >= 15 is 0 Å². The first kappa shape index (κ1) is 17.9. The molecule has 128 valence electrons. The Hall–Kier alpha value is -1.88. The van der Waals surface area contributed by atoms with Gasteiger partial charge < -0.3 is 5.32 Å². The maximum atomic E-state index is 12.1. The van der Waals surface area contributed by atoms with Gasteiger partial charge in [-0.25, -0.2) is 4.98 Å². The number of rotatable bonds is 6. The summed E-state index contributed by atoms with van der Waals surface area (Å²) in [6.07, 6.45) is 1.05. The summed E-state index contributed by atoms with van der Waals surface area (Å²) in [6, 6.07) is 15.2. The molecular weight excluding hydrogens is 375 g/mol. The Labute approximate surface area is 160 Å². The van der Waals surface area contributed by atoms with Crippen molar-refractivity contribution in [3.05, 3.63) is 75.2 Å². The summed E-state index contributed by atoms with van der Waals surface area (Å²) >= 11 is 13.4. The van der Waals surface area contributed by atoms with Gasteiger partial charge >= 0.3 is 0 Å². The van der Waals surface area contributed by atoms with Gasteiger partial charge in [0, 0.05) is 27.5 Å². The average molecular weight is 391 g/mol. The Balaban J connectivity index is 1.50. The number of aromatic nitrogens is 1. The number of carbonyl (C=O) groups excluding carboxylic acids is 1. The lowest BCUT2D eigenvalue weighted by Gasteiger charge is -2.04. The van der Waals surface area contributed by atoms with E-state index in [0.717, 1.165) is 28.2 Å². The van der Waals surface area contributed by atoms with Crippen LogP contribution >= 0.6 is 34.5 Å². The molecule has 0 unspecified atom stereocenters. The van der Waals surface area contributed by atoms with Crippen molar-refractivity contribution in [2.75, 3.05) is 6.54 Å². The third-order valence-corrected chi connectivity index (χ3v) is 5.04. The van der Waals surface area contributed by atoms with E-state index in [9.17, 15) is 4.79 Å². The molecule has 3 nitrogen and oxygen atoms in total. The Morgan fingerprint density at radius 2 is 1.88 bits per heavy atom. The van der Waals surface area contributed by atoms with Gasteiger partial charge in [-0.15, -0.1) is 11.3 Å². The average Bonchev–Trinajstić information content (AvgIpc) is 3.05. The highest BCUT2D eigenvalue weighted by molar-refractivity contribution is 7.13. The molecule has 1 aromatic heterocycles. The van der Waals surface area contributed by atoms with E-state index in [0.29, 0.717) is 16.6 Å². The second-order valence-corrected chi connectivity index (χ2v) is 7.29. The number of nitrogens with zero attached hydrogens (tertiary/aromatic N) is 1. The molecule has 1 heterocycles. The molecular formula is C19H16Cl2N2OS. The minimum absolute atomic E-state index is 0.0306. The number of thiazole rings is 1. The van der Waals surface area contributed by atoms with Crippen molar-refractivity contribution in [1.29, 1.82) is 0 Å². The lowest BCUT2D eigenvalue weighted by molar-refractivity contribution is -0.120. The van der Waals surface area contributed by atoms with Crippen LogP contribution in [0.5, 0.6) is 0 Å². The Morgan fingerprint density at radius 3 is 2.64 bits per heavy atom. The van der Waals surface area contributed by atoms with Crippen molar-refractivity contribution < 1.29 is 4.79 Å². The molecule has 0 aliphatic carbocycles. The van der Waals surface area contributed by atoms with Crippen LogP contribution in [0.2, 0.25) is 10.0 Å². The van der Waals surface area contributed by atoms with E-state index in [4.69, 9.17) is 23.2 Å². The second-order valence-electron chi connectivity index (χ2n) is 5.56. The number of carbonyl (C=O) groups is 1. The quantitative estimate of drug-likeness (QED) is 0.641. The summed E-state index contributed by atoms with van der Waals surface area (Å²) in [5.41, 5.74) is 2.87. The molecule has 0 aliphatic rings. The zero-order valence-corrected chi connectivity index (χ0v) is 15.7. The van der Waals surface area contributed by atoms with E-state index in [1.54, 1.807) is 0 Å². The third-order valence-electron chi connectivity index (χ3n) is 3.61. The molecule has 2 aromatic carbocycles. The molecule has 0 atom stereocenters. The van der Waals surface area contributed by atoms with Gasteiger partial charge in [-0.2, -0.15) is 0 Å². The van der Waals surface area contributed by atoms with Gasteiger partial charge in [0.1, 0.15) is 5.01 Å². The largest absolute Gasteiger partial charge is 0.355 e. The summed E-state index contributed by atoms with van der Waals surface area (Å²) in [6.45, 7) is 0.589. The maximum Gasteiger partial charge on any atom is 0.226 e. The fourth-order valence-electron chi connectivity index (χ4n) is 2.37. The first-order valence-corrected chi connectivity index (χ1v) is 9.45. The zero-order chi connectivity index (χ0) is 17.6. The first-order valence-electron chi connectivity index (χ1n) is 7.81. The van der Waals surface area contributed by atoms with Crippen LogP contribution in [0.15, 0.2) is 53.9 Å². The van der Waals surface area contributed by atoms with Gasteiger partial charge in [-0.1, -0.05) is 47.5 Å². The SMILES string of the molecule is O=C(Cc1csc(-c2cccc(Cl)c2)n1)NCCc1ccc(Cl)cc1. The number of halogens is 2. The predicted octanol–water partition coefficient (Wildman–Crippen LogP) is 5.02. The highest BCUT2D eigenvalue weighted by Gasteiger charge is 2.09. The molecule has 0 saturated heterocycles. The van der Waals surface area contributed by atoms with Gasteiger partial charge in [0.05, 0.1) is 12.1 Å². The van der Waals surface area contributed by atoms with Crippen LogP contribution in [0.25, 0.3) is 10.6 Å². The molecule has 3 aromatic rings. The fraction of sp³-hybridized carbons (Fsp3) is 0.158. The van der Waals surface area contributed by atoms with Crippen molar-refractivity contribution in [3.8, 4) is 10.6 Å². The van der Waals surface area contributed by atoms with E-state index < -0.39 is 0 Å². The standard InChI is InChI=1S/C19H16Cl2N2OS/c20-15-6-4-13(5-7-15)8-9-22-18(24)11-17-12-25-19(23-17)14-2-1-3-16(21)10-14/h1-7,10,12H,8-9,11H2,(H,22,24). The van der Waals surface area contributed by atoms with Crippen molar-refractivity contribution in [2.24, 2.45) is 0 Å². The van der Waals surface area contributed by atoms with Crippen LogP contribution in [-0.2, 0) is 17.6 Å². The van der Waals surface area contributed by atoms with Gasteiger partial charge in [-0.05, 0) is 36.2 Å². The minimum Gasteiger partial charge on any atom is -0.355 e. The third kappa shape index (κ3) is 5.30. The van der Waals surface area contributed by atoms with Gasteiger partial charge in [-0.3, -0.25) is 4.79 Å². The molecule has 0 radical (unpaired) electrons. The zero-order valence-electron chi connectivity index (χ0n) is 13.3. The Morgan fingerprint density at radius 1 is 1.08 bits per heavy atom. The van der Waals surface area contributed by atoms with Crippen molar-refractivity contribution in [3.63, 3.8) is 0 Å². The number of nitrogens with one attached hydrogen (secondary N) is 1. The van der Waals surface area contributed by atoms with E-state index in [1.165, 1.54) is 11.3 Å².